The van der Waals surface area contributed by atoms with Gasteiger partial charge in [0.1, 0.15) is 5.82 Å². The first kappa shape index (κ1) is 11.9. The molecular weight excluding hydrogens is 228 g/mol. The third kappa shape index (κ3) is 1.99. The Morgan fingerprint density at radius 3 is 3.06 bits per heavy atom. The molecule has 1 spiro atoms. The number of aromatic nitrogens is 1. The molecule has 2 atom stereocenters. The summed E-state index contributed by atoms with van der Waals surface area (Å²) < 4.78 is 11.5. The molecule has 98 valence electrons. The van der Waals surface area contributed by atoms with Crippen LogP contribution in [0.4, 0.5) is 5.82 Å². The first-order chi connectivity index (χ1) is 8.70. The van der Waals surface area contributed by atoms with Crippen molar-refractivity contribution in [2.24, 2.45) is 0 Å². The number of ether oxygens (including phenoxy) is 2. The maximum Gasteiger partial charge on any atom is 0.127 e. The van der Waals surface area contributed by atoms with Gasteiger partial charge >= 0.3 is 0 Å². The fourth-order valence-electron chi connectivity index (χ4n) is 3.26. The molecule has 4 nitrogen and oxygen atoms in total. The highest BCUT2D eigenvalue weighted by molar-refractivity contribution is 5.46. The first-order valence-electron chi connectivity index (χ1n) is 6.63. The summed E-state index contributed by atoms with van der Waals surface area (Å²) in [6.07, 6.45) is 4.81. The minimum absolute atomic E-state index is 0.0718. The van der Waals surface area contributed by atoms with E-state index >= 15 is 0 Å². The van der Waals surface area contributed by atoms with Crippen molar-refractivity contribution < 1.29 is 9.47 Å². The zero-order valence-corrected chi connectivity index (χ0v) is 10.8. The normalized spacial score (nSPS) is 31.9. The predicted octanol–water partition coefficient (Wildman–Crippen LogP) is 2.03. The van der Waals surface area contributed by atoms with Crippen LogP contribution in [-0.2, 0) is 9.47 Å². The summed E-state index contributed by atoms with van der Waals surface area (Å²) in [5.41, 5.74) is 8.44. The predicted molar refractivity (Wildman–Crippen MR) is 69.5 cm³/mol. The molecule has 2 saturated heterocycles. The van der Waals surface area contributed by atoms with Crippen molar-refractivity contribution >= 4 is 5.82 Å². The molecule has 2 unspecified atom stereocenters. The van der Waals surface area contributed by atoms with E-state index in [9.17, 15) is 0 Å². The van der Waals surface area contributed by atoms with Crippen molar-refractivity contribution in [1.29, 1.82) is 0 Å². The molecule has 4 heteroatoms. The van der Waals surface area contributed by atoms with Gasteiger partial charge in [0, 0.05) is 31.4 Å². The Kier molecular flexibility index (Phi) is 2.99. The number of pyridine rings is 1. The second-order valence-corrected chi connectivity index (χ2v) is 5.45. The number of hydrogen-bond donors (Lipinski definition) is 1. The molecule has 1 aromatic heterocycles. The first-order valence-corrected chi connectivity index (χ1v) is 6.63. The summed E-state index contributed by atoms with van der Waals surface area (Å²) in [5.74, 6) is 1.13. The average Bonchev–Trinajstić information content (AvgIpc) is 2.77. The van der Waals surface area contributed by atoms with Crippen molar-refractivity contribution in [3.8, 4) is 0 Å². The van der Waals surface area contributed by atoms with Crippen molar-refractivity contribution in [3.05, 3.63) is 23.4 Å². The van der Waals surface area contributed by atoms with E-state index in [1.165, 1.54) is 11.1 Å². The Balaban J connectivity index is 1.88. The number of nitrogens with two attached hydrogens (primary N) is 1. The van der Waals surface area contributed by atoms with Crippen molar-refractivity contribution in [2.45, 2.75) is 37.7 Å². The smallest absolute Gasteiger partial charge is 0.127 e. The van der Waals surface area contributed by atoms with Gasteiger partial charge in [0.25, 0.3) is 0 Å². The SMILES string of the molecule is Cc1ccnc(N)c1C1CCOC2(CCOC2)C1. The standard InChI is InChI=1S/C14H20N2O2/c1-10-2-5-16-13(15)12(10)11-3-6-18-14(8-11)4-7-17-9-14/h2,5,11H,3-4,6-9H2,1H3,(H2,15,16). The van der Waals surface area contributed by atoms with Gasteiger partial charge in [-0.25, -0.2) is 4.98 Å². The van der Waals surface area contributed by atoms with Crippen LogP contribution in [-0.4, -0.2) is 30.4 Å². The van der Waals surface area contributed by atoms with Gasteiger partial charge in [-0.3, -0.25) is 0 Å². The topological polar surface area (TPSA) is 57.4 Å². The van der Waals surface area contributed by atoms with Crippen LogP contribution in [0.2, 0.25) is 0 Å². The lowest BCUT2D eigenvalue weighted by atomic mass is 9.80. The van der Waals surface area contributed by atoms with Crippen LogP contribution in [0, 0.1) is 6.92 Å². The molecule has 1 aromatic rings. The zero-order chi connectivity index (χ0) is 12.6. The molecule has 2 fully saturated rings. The van der Waals surface area contributed by atoms with Crippen LogP contribution in [0.15, 0.2) is 12.3 Å². The molecule has 2 aliphatic rings. The van der Waals surface area contributed by atoms with Crippen molar-refractivity contribution in [1.82, 2.24) is 4.98 Å². The minimum Gasteiger partial charge on any atom is -0.383 e. The van der Waals surface area contributed by atoms with Crippen LogP contribution >= 0.6 is 0 Å². The second-order valence-electron chi connectivity index (χ2n) is 5.45. The molecule has 18 heavy (non-hydrogen) atoms. The maximum atomic E-state index is 6.06. The number of anilines is 1. The fourth-order valence-corrected chi connectivity index (χ4v) is 3.26. The summed E-state index contributed by atoms with van der Waals surface area (Å²) >= 11 is 0. The number of nitrogen functional groups attached to an aromatic ring is 1. The van der Waals surface area contributed by atoms with Crippen molar-refractivity contribution in [3.63, 3.8) is 0 Å². The lowest BCUT2D eigenvalue weighted by Crippen LogP contribution is -2.39. The molecule has 0 aromatic carbocycles. The Labute approximate surface area is 107 Å². The highest BCUT2D eigenvalue weighted by Crippen LogP contribution is 2.42. The molecule has 2 aliphatic heterocycles. The third-order valence-electron chi connectivity index (χ3n) is 4.21. The molecule has 0 radical (unpaired) electrons. The molecular formula is C14H20N2O2. The van der Waals surface area contributed by atoms with Gasteiger partial charge in [-0.1, -0.05) is 0 Å². The van der Waals surface area contributed by atoms with Crippen LogP contribution in [0.5, 0.6) is 0 Å². The Hall–Kier alpha value is -1.13. The summed E-state index contributed by atoms with van der Waals surface area (Å²) in [6.45, 7) is 4.44. The highest BCUT2D eigenvalue weighted by Gasteiger charge is 2.42. The number of nitrogens with zero attached hydrogens (tertiary/aromatic N) is 1. The summed E-state index contributed by atoms with van der Waals surface area (Å²) in [7, 11) is 0. The molecule has 2 N–H and O–H groups in total. The van der Waals surface area contributed by atoms with Gasteiger partial charge in [-0.2, -0.15) is 0 Å². The van der Waals surface area contributed by atoms with E-state index in [1.54, 1.807) is 6.20 Å². The molecule has 0 bridgehead atoms. The average molecular weight is 248 g/mol. The van der Waals surface area contributed by atoms with Gasteiger partial charge in [-0.05, 0) is 37.3 Å². The Morgan fingerprint density at radius 2 is 2.33 bits per heavy atom. The minimum atomic E-state index is -0.0718. The monoisotopic (exact) mass is 248 g/mol. The third-order valence-corrected chi connectivity index (χ3v) is 4.21. The van der Waals surface area contributed by atoms with Gasteiger partial charge in [0.15, 0.2) is 0 Å². The lowest BCUT2D eigenvalue weighted by molar-refractivity contribution is -0.0863. The number of aryl methyl sites for hydroxylation is 1. The van der Waals surface area contributed by atoms with Crippen LogP contribution < -0.4 is 5.73 Å². The lowest BCUT2D eigenvalue weighted by Gasteiger charge is -2.37. The summed E-state index contributed by atoms with van der Waals surface area (Å²) in [4.78, 5) is 4.24. The Bertz CT molecular complexity index is 421. The van der Waals surface area contributed by atoms with Gasteiger partial charge in [0.2, 0.25) is 0 Å². The number of hydrogen-bond acceptors (Lipinski definition) is 4. The largest absolute Gasteiger partial charge is 0.383 e. The molecule has 3 rings (SSSR count). The van der Waals surface area contributed by atoms with Crippen LogP contribution in [0.3, 0.4) is 0 Å². The van der Waals surface area contributed by atoms with E-state index in [0.717, 1.165) is 39.1 Å². The van der Waals surface area contributed by atoms with E-state index < -0.39 is 0 Å². The second kappa shape index (κ2) is 4.52. The van der Waals surface area contributed by atoms with Crippen LogP contribution in [0.1, 0.15) is 36.3 Å². The number of rotatable bonds is 1. The highest BCUT2D eigenvalue weighted by atomic mass is 16.6. The molecule has 0 aliphatic carbocycles. The van der Waals surface area contributed by atoms with E-state index in [-0.39, 0.29) is 5.60 Å². The quantitative estimate of drug-likeness (QED) is 0.826. The van der Waals surface area contributed by atoms with E-state index in [4.69, 9.17) is 15.2 Å². The summed E-state index contributed by atoms with van der Waals surface area (Å²) in [6, 6.07) is 2.04. The van der Waals surface area contributed by atoms with Gasteiger partial charge in [0.05, 0.1) is 12.2 Å². The molecule has 3 heterocycles. The van der Waals surface area contributed by atoms with Crippen molar-refractivity contribution in [2.75, 3.05) is 25.6 Å². The van der Waals surface area contributed by atoms with Gasteiger partial charge < -0.3 is 15.2 Å². The zero-order valence-electron chi connectivity index (χ0n) is 10.8. The molecule has 0 saturated carbocycles. The van der Waals surface area contributed by atoms with E-state index in [1.807, 2.05) is 6.07 Å². The van der Waals surface area contributed by atoms with Crippen LogP contribution in [0.25, 0.3) is 0 Å². The fraction of sp³-hybridized carbons (Fsp3) is 0.643. The molecule has 0 amide bonds. The van der Waals surface area contributed by atoms with E-state index in [0.29, 0.717) is 11.7 Å². The van der Waals surface area contributed by atoms with Gasteiger partial charge in [-0.15, -0.1) is 0 Å². The van der Waals surface area contributed by atoms with E-state index in [2.05, 4.69) is 11.9 Å². The summed E-state index contributed by atoms with van der Waals surface area (Å²) in [5, 5.41) is 0. The maximum absolute atomic E-state index is 6.06. The Morgan fingerprint density at radius 1 is 1.44 bits per heavy atom.